The van der Waals surface area contributed by atoms with Crippen LogP contribution < -0.4 is 0 Å². The standard InChI is InChI=1S/C8H4Cl2N6/c9-4-1-12-16(3-4)7-5-2-11-15-6(5)13-8(10)14-7/h1-3H,(H,11,13,14,15). The molecule has 0 aliphatic carbocycles. The molecule has 3 aromatic heterocycles. The molecule has 0 spiro atoms. The molecule has 0 bridgehead atoms. The molecule has 3 rings (SSSR count). The lowest BCUT2D eigenvalue weighted by Gasteiger charge is -2.01. The summed E-state index contributed by atoms with van der Waals surface area (Å²) in [7, 11) is 0. The van der Waals surface area contributed by atoms with Crippen molar-refractivity contribution in [2.24, 2.45) is 0 Å². The lowest BCUT2D eigenvalue weighted by atomic mass is 10.4. The molecule has 0 radical (unpaired) electrons. The van der Waals surface area contributed by atoms with Gasteiger partial charge in [0.25, 0.3) is 0 Å². The minimum Gasteiger partial charge on any atom is -0.261 e. The quantitative estimate of drug-likeness (QED) is 0.673. The average Bonchev–Trinajstić information content (AvgIpc) is 2.84. The topological polar surface area (TPSA) is 72.3 Å². The molecule has 3 aromatic rings. The summed E-state index contributed by atoms with van der Waals surface area (Å²) < 4.78 is 1.52. The van der Waals surface area contributed by atoms with Crippen molar-refractivity contribution in [1.82, 2.24) is 29.9 Å². The van der Waals surface area contributed by atoms with Gasteiger partial charge in [-0.1, -0.05) is 11.6 Å². The van der Waals surface area contributed by atoms with Crippen molar-refractivity contribution in [3.8, 4) is 5.82 Å². The molecule has 3 heterocycles. The summed E-state index contributed by atoms with van der Waals surface area (Å²) in [6, 6.07) is 0. The SMILES string of the molecule is Clc1cnn(-c2nc(Cl)nc3[nH]ncc23)c1. The molecule has 0 saturated carbocycles. The van der Waals surface area contributed by atoms with Crippen LogP contribution in [0.15, 0.2) is 18.6 Å². The Morgan fingerprint density at radius 2 is 2.06 bits per heavy atom. The Morgan fingerprint density at radius 1 is 1.19 bits per heavy atom. The van der Waals surface area contributed by atoms with Crippen LogP contribution in [0.25, 0.3) is 16.9 Å². The van der Waals surface area contributed by atoms with E-state index in [2.05, 4.69) is 25.3 Å². The molecular weight excluding hydrogens is 251 g/mol. The number of halogens is 2. The van der Waals surface area contributed by atoms with Gasteiger partial charge in [0.05, 0.1) is 29.0 Å². The Labute approximate surface area is 99.2 Å². The zero-order valence-electron chi connectivity index (χ0n) is 7.72. The minimum atomic E-state index is 0.123. The maximum Gasteiger partial charge on any atom is 0.226 e. The van der Waals surface area contributed by atoms with Crippen LogP contribution in [0.1, 0.15) is 0 Å². The molecule has 0 aromatic carbocycles. The zero-order chi connectivity index (χ0) is 11.1. The van der Waals surface area contributed by atoms with Gasteiger partial charge in [0.2, 0.25) is 5.28 Å². The maximum atomic E-state index is 5.79. The van der Waals surface area contributed by atoms with E-state index >= 15 is 0 Å². The first-order chi connectivity index (χ1) is 7.74. The Morgan fingerprint density at radius 3 is 2.81 bits per heavy atom. The van der Waals surface area contributed by atoms with Gasteiger partial charge in [-0.15, -0.1) is 0 Å². The first-order valence-corrected chi connectivity index (χ1v) is 5.07. The van der Waals surface area contributed by atoms with E-state index in [0.717, 1.165) is 5.39 Å². The summed E-state index contributed by atoms with van der Waals surface area (Å²) in [5.41, 5.74) is 0.557. The second-order valence-corrected chi connectivity index (χ2v) is 3.83. The Balaban J connectivity index is 2.33. The summed E-state index contributed by atoms with van der Waals surface area (Å²) in [6.45, 7) is 0. The molecule has 6 nitrogen and oxygen atoms in total. The number of nitrogens with zero attached hydrogens (tertiary/aromatic N) is 5. The second-order valence-electron chi connectivity index (χ2n) is 3.05. The van der Waals surface area contributed by atoms with Crippen molar-refractivity contribution in [3.63, 3.8) is 0 Å². The van der Waals surface area contributed by atoms with Crippen molar-refractivity contribution < 1.29 is 0 Å². The number of aromatic amines is 1. The normalized spacial score (nSPS) is 11.1. The molecule has 16 heavy (non-hydrogen) atoms. The van der Waals surface area contributed by atoms with E-state index in [0.29, 0.717) is 16.5 Å². The Hall–Kier alpha value is -1.66. The fourth-order valence-electron chi connectivity index (χ4n) is 1.38. The summed E-state index contributed by atoms with van der Waals surface area (Å²) in [5, 5.41) is 12.0. The van der Waals surface area contributed by atoms with Crippen LogP contribution in [0.3, 0.4) is 0 Å². The van der Waals surface area contributed by atoms with Crippen LogP contribution in [0.5, 0.6) is 0 Å². The van der Waals surface area contributed by atoms with Gasteiger partial charge in [0.15, 0.2) is 11.5 Å². The second kappa shape index (κ2) is 3.43. The summed E-state index contributed by atoms with van der Waals surface area (Å²) in [5.74, 6) is 0.538. The number of aromatic nitrogens is 6. The Bertz CT molecular complexity index is 657. The highest BCUT2D eigenvalue weighted by Gasteiger charge is 2.10. The maximum absolute atomic E-state index is 5.79. The van der Waals surface area contributed by atoms with Gasteiger partial charge in [-0.25, -0.2) is 4.68 Å². The van der Waals surface area contributed by atoms with Crippen LogP contribution in [-0.4, -0.2) is 29.9 Å². The van der Waals surface area contributed by atoms with E-state index < -0.39 is 0 Å². The number of hydrogen-bond donors (Lipinski definition) is 1. The predicted molar refractivity (Wildman–Crippen MR) is 58.8 cm³/mol. The van der Waals surface area contributed by atoms with E-state index in [1.165, 1.54) is 10.9 Å². The zero-order valence-corrected chi connectivity index (χ0v) is 9.24. The van der Waals surface area contributed by atoms with E-state index in [-0.39, 0.29) is 5.28 Å². The minimum absolute atomic E-state index is 0.123. The molecular formula is C8H4Cl2N6. The molecule has 0 unspecified atom stereocenters. The van der Waals surface area contributed by atoms with E-state index in [1.807, 2.05) is 0 Å². The van der Waals surface area contributed by atoms with Crippen LogP contribution >= 0.6 is 23.2 Å². The average molecular weight is 255 g/mol. The highest BCUT2D eigenvalue weighted by atomic mass is 35.5. The number of nitrogens with one attached hydrogen (secondary N) is 1. The van der Waals surface area contributed by atoms with Gasteiger partial charge >= 0.3 is 0 Å². The van der Waals surface area contributed by atoms with Crippen molar-refractivity contribution in [3.05, 3.63) is 28.9 Å². The summed E-state index contributed by atoms with van der Waals surface area (Å²) >= 11 is 11.6. The monoisotopic (exact) mass is 254 g/mol. The largest absolute Gasteiger partial charge is 0.261 e. The third-order valence-corrected chi connectivity index (χ3v) is 2.39. The van der Waals surface area contributed by atoms with Gasteiger partial charge < -0.3 is 0 Å². The van der Waals surface area contributed by atoms with Gasteiger partial charge in [0.1, 0.15) is 0 Å². The van der Waals surface area contributed by atoms with Gasteiger partial charge in [-0.05, 0) is 11.6 Å². The lowest BCUT2D eigenvalue weighted by molar-refractivity contribution is 0.851. The summed E-state index contributed by atoms with van der Waals surface area (Å²) in [4.78, 5) is 8.08. The molecule has 8 heteroatoms. The lowest BCUT2D eigenvalue weighted by Crippen LogP contribution is -2.00. The fraction of sp³-hybridized carbons (Fsp3) is 0. The first kappa shape index (κ1) is 9.56. The first-order valence-electron chi connectivity index (χ1n) is 4.31. The van der Waals surface area contributed by atoms with Gasteiger partial charge in [0, 0.05) is 0 Å². The Kier molecular flexibility index (Phi) is 2.05. The molecule has 0 saturated heterocycles. The van der Waals surface area contributed by atoms with E-state index in [1.54, 1.807) is 12.4 Å². The summed E-state index contributed by atoms with van der Waals surface area (Å²) in [6.07, 6.45) is 4.76. The van der Waals surface area contributed by atoms with Crippen molar-refractivity contribution in [2.45, 2.75) is 0 Å². The van der Waals surface area contributed by atoms with Gasteiger partial charge in [-0.3, -0.25) is 5.10 Å². The number of H-pyrrole nitrogens is 1. The highest BCUT2D eigenvalue weighted by Crippen LogP contribution is 2.19. The van der Waals surface area contributed by atoms with Crippen molar-refractivity contribution >= 4 is 34.2 Å². The molecule has 0 fully saturated rings. The van der Waals surface area contributed by atoms with Crippen LogP contribution in [-0.2, 0) is 0 Å². The molecule has 0 amide bonds. The highest BCUT2D eigenvalue weighted by molar-refractivity contribution is 6.30. The van der Waals surface area contributed by atoms with Crippen molar-refractivity contribution in [2.75, 3.05) is 0 Å². The van der Waals surface area contributed by atoms with E-state index in [4.69, 9.17) is 23.2 Å². The van der Waals surface area contributed by atoms with Crippen LogP contribution in [0.2, 0.25) is 10.3 Å². The third kappa shape index (κ3) is 1.43. The third-order valence-electron chi connectivity index (χ3n) is 2.03. The number of rotatable bonds is 1. The van der Waals surface area contributed by atoms with Crippen LogP contribution in [0, 0.1) is 0 Å². The van der Waals surface area contributed by atoms with E-state index in [9.17, 15) is 0 Å². The van der Waals surface area contributed by atoms with Gasteiger partial charge in [-0.2, -0.15) is 20.2 Å². The molecule has 0 aliphatic rings. The number of hydrogen-bond acceptors (Lipinski definition) is 4. The number of fused-ring (bicyclic) bond motifs is 1. The molecule has 0 atom stereocenters. The fourth-order valence-corrected chi connectivity index (χ4v) is 1.69. The molecule has 1 N–H and O–H groups in total. The van der Waals surface area contributed by atoms with Crippen LogP contribution in [0.4, 0.5) is 0 Å². The van der Waals surface area contributed by atoms with Crippen molar-refractivity contribution in [1.29, 1.82) is 0 Å². The molecule has 80 valence electrons. The molecule has 0 aliphatic heterocycles. The smallest absolute Gasteiger partial charge is 0.226 e. The predicted octanol–water partition coefficient (Wildman–Crippen LogP) is 1.85.